The number of benzene rings is 1. The normalized spacial score (nSPS) is 8.67. The fraction of sp³-hybridized carbons (Fsp3) is 0.100. The first-order valence-electron chi connectivity index (χ1n) is 3.57. The molecule has 0 aromatic heterocycles. The summed E-state index contributed by atoms with van der Waals surface area (Å²) < 4.78 is 0. The lowest BCUT2D eigenvalue weighted by atomic mass is 10.1. The minimum atomic E-state index is 0.841. The minimum absolute atomic E-state index is 0.841. The average Bonchev–Trinajstić information content (AvgIpc) is 2.05. The molecular formula is C10H9NS. The van der Waals surface area contributed by atoms with Crippen LogP contribution in [0.5, 0.6) is 0 Å². The zero-order chi connectivity index (χ0) is 8.97. The van der Waals surface area contributed by atoms with Gasteiger partial charge in [-0.05, 0) is 13.0 Å². The van der Waals surface area contributed by atoms with Gasteiger partial charge in [-0.15, -0.1) is 0 Å². The van der Waals surface area contributed by atoms with Crippen LogP contribution < -0.4 is 5.32 Å². The molecule has 1 aromatic rings. The first-order valence-corrected chi connectivity index (χ1v) is 3.98. The van der Waals surface area contributed by atoms with Gasteiger partial charge in [0.15, 0.2) is 0 Å². The first-order chi connectivity index (χ1) is 5.75. The van der Waals surface area contributed by atoms with E-state index in [1.807, 2.05) is 31.2 Å². The summed E-state index contributed by atoms with van der Waals surface area (Å²) in [7, 11) is 0. The van der Waals surface area contributed by atoms with Gasteiger partial charge < -0.3 is 5.32 Å². The second kappa shape index (κ2) is 3.89. The maximum Gasteiger partial charge on any atom is 0.0542 e. The molecule has 0 saturated carbocycles. The fourth-order valence-electron chi connectivity index (χ4n) is 0.977. The Kier molecular flexibility index (Phi) is 2.84. The molecule has 0 atom stereocenters. The fourth-order valence-corrected chi connectivity index (χ4v) is 1.15. The predicted octanol–water partition coefficient (Wildman–Crippen LogP) is 2.43. The standard InChI is InChI=1S/C10H9NS/c1-3-11-10-7-5-4-6-9(10)8(2)12/h1,4-7,11H,2H3. The summed E-state index contributed by atoms with van der Waals surface area (Å²) in [6.07, 6.45) is 5.13. The molecule has 0 amide bonds. The van der Waals surface area contributed by atoms with Crippen molar-refractivity contribution in [1.82, 2.24) is 0 Å². The highest BCUT2D eigenvalue weighted by molar-refractivity contribution is 7.80. The quantitative estimate of drug-likeness (QED) is 0.320. The van der Waals surface area contributed by atoms with E-state index in [-0.39, 0.29) is 0 Å². The number of rotatable bonds is 2. The molecule has 0 unspecified atom stereocenters. The van der Waals surface area contributed by atoms with Crippen LogP contribution in [0.25, 0.3) is 0 Å². The van der Waals surface area contributed by atoms with Crippen LogP contribution in [0.15, 0.2) is 24.3 Å². The van der Waals surface area contributed by atoms with E-state index < -0.39 is 0 Å². The van der Waals surface area contributed by atoms with Crippen LogP contribution in [-0.2, 0) is 0 Å². The molecule has 0 spiro atoms. The highest BCUT2D eigenvalue weighted by Gasteiger charge is 2.00. The summed E-state index contributed by atoms with van der Waals surface area (Å²) in [5.41, 5.74) is 1.89. The van der Waals surface area contributed by atoms with E-state index in [1.165, 1.54) is 0 Å². The van der Waals surface area contributed by atoms with Gasteiger partial charge in [0.1, 0.15) is 0 Å². The van der Waals surface area contributed by atoms with Crippen LogP contribution in [0.3, 0.4) is 0 Å². The third kappa shape index (κ3) is 1.84. The molecule has 2 heteroatoms. The Labute approximate surface area is 77.8 Å². The molecule has 1 aromatic carbocycles. The topological polar surface area (TPSA) is 12.0 Å². The number of hydrogen-bond donors (Lipinski definition) is 1. The molecule has 60 valence electrons. The van der Waals surface area contributed by atoms with E-state index >= 15 is 0 Å². The van der Waals surface area contributed by atoms with E-state index in [4.69, 9.17) is 18.6 Å². The van der Waals surface area contributed by atoms with Gasteiger partial charge in [-0.3, -0.25) is 0 Å². The molecule has 0 radical (unpaired) electrons. The van der Waals surface area contributed by atoms with Crippen molar-refractivity contribution in [3.8, 4) is 12.5 Å². The molecule has 12 heavy (non-hydrogen) atoms. The van der Waals surface area contributed by atoms with Crippen molar-refractivity contribution in [2.45, 2.75) is 6.92 Å². The van der Waals surface area contributed by atoms with E-state index in [0.29, 0.717) is 0 Å². The zero-order valence-electron chi connectivity index (χ0n) is 6.79. The van der Waals surface area contributed by atoms with Crippen molar-refractivity contribution in [3.05, 3.63) is 29.8 Å². The lowest BCUT2D eigenvalue weighted by molar-refractivity contribution is 1.59. The molecule has 0 heterocycles. The maximum absolute atomic E-state index is 5.13. The van der Waals surface area contributed by atoms with E-state index in [9.17, 15) is 0 Å². The van der Waals surface area contributed by atoms with E-state index in [2.05, 4.69) is 11.4 Å². The number of para-hydroxylation sites is 1. The van der Waals surface area contributed by atoms with Crippen LogP contribution in [0, 0.1) is 12.5 Å². The Bertz CT molecular complexity index is 336. The van der Waals surface area contributed by atoms with E-state index in [1.54, 1.807) is 0 Å². The molecule has 0 aliphatic carbocycles. The summed E-state index contributed by atoms with van der Waals surface area (Å²) in [5, 5.41) is 2.80. The van der Waals surface area contributed by atoms with Crippen molar-refractivity contribution in [1.29, 1.82) is 0 Å². The van der Waals surface area contributed by atoms with Gasteiger partial charge in [0, 0.05) is 16.5 Å². The maximum atomic E-state index is 5.13. The van der Waals surface area contributed by atoms with Crippen molar-refractivity contribution in [2.24, 2.45) is 0 Å². The molecule has 0 fully saturated rings. The molecule has 1 rings (SSSR count). The van der Waals surface area contributed by atoms with Crippen molar-refractivity contribution in [2.75, 3.05) is 5.32 Å². The zero-order valence-corrected chi connectivity index (χ0v) is 7.61. The number of nitrogens with one attached hydrogen (secondary N) is 1. The Morgan fingerprint density at radius 2 is 2.17 bits per heavy atom. The highest BCUT2D eigenvalue weighted by atomic mass is 32.1. The lowest BCUT2D eigenvalue weighted by Crippen LogP contribution is -1.97. The van der Waals surface area contributed by atoms with Gasteiger partial charge in [0.25, 0.3) is 0 Å². The molecule has 1 nitrogen and oxygen atoms in total. The Morgan fingerprint density at radius 1 is 1.50 bits per heavy atom. The summed E-state index contributed by atoms with van der Waals surface area (Å²) in [4.78, 5) is 0.841. The molecule has 0 bridgehead atoms. The van der Waals surface area contributed by atoms with E-state index in [0.717, 1.165) is 16.1 Å². The molecule has 1 N–H and O–H groups in total. The van der Waals surface area contributed by atoms with Gasteiger partial charge >= 0.3 is 0 Å². The van der Waals surface area contributed by atoms with Crippen molar-refractivity contribution in [3.63, 3.8) is 0 Å². The average molecular weight is 175 g/mol. The SMILES string of the molecule is C#CNc1ccccc1C(C)=S. The van der Waals surface area contributed by atoms with Crippen LogP contribution in [0.4, 0.5) is 5.69 Å². The third-order valence-corrected chi connectivity index (χ3v) is 1.73. The van der Waals surface area contributed by atoms with Crippen LogP contribution in [0.2, 0.25) is 0 Å². The first kappa shape index (κ1) is 8.76. The highest BCUT2D eigenvalue weighted by Crippen LogP contribution is 2.15. The van der Waals surface area contributed by atoms with Crippen molar-refractivity contribution >= 4 is 22.8 Å². The summed E-state index contributed by atoms with van der Waals surface area (Å²) >= 11 is 5.06. The number of hydrogen-bond acceptors (Lipinski definition) is 2. The minimum Gasteiger partial charge on any atom is -0.315 e. The predicted molar refractivity (Wildman–Crippen MR) is 56.3 cm³/mol. The number of anilines is 1. The number of terminal acetylenes is 1. The van der Waals surface area contributed by atoms with Crippen LogP contribution >= 0.6 is 12.2 Å². The monoisotopic (exact) mass is 175 g/mol. The molecule has 0 saturated heterocycles. The molecule has 0 aliphatic rings. The van der Waals surface area contributed by atoms with Gasteiger partial charge in [-0.2, -0.15) is 0 Å². The Hall–Kier alpha value is -1.33. The second-order valence-electron chi connectivity index (χ2n) is 2.37. The lowest BCUT2D eigenvalue weighted by Gasteiger charge is -2.04. The summed E-state index contributed by atoms with van der Waals surface area (Å²) in [5.74, 6) is 0. The van der Waals surface area contributed by atoms with Gasteiger partial charge in [0.2, 0.25) is 0 Å². The summed E-state index contributed by atoms with van der Waals surface area (Å²) in [6.45, 7) is 1.88. The van der Waals surface area contributed by atoms with Crippen LogP contribution in [0.1, 0.15) is 12.5 Å². The molecular weight excluding hydrogens is 166 g/mol. The largest absolute Gasteiger partial charge is 0.315 e. The second-order valence-corrected chi connectivity index (χ2v) is 2.98. The third-order valence-electron chi connectivity index (χ3n) is 1.51. The van der Waals surface area contributed by atoms with Crippen LogP contribution in [-0.4, -0.2) is 4.86 Å². The number of thiocarbonyl (C=S) groups is 1. The van der Waals surface area contributed by atoms with Gasteiger partial charge in [-0.25, -0.2) is 0 Å². The smallest absolute Gasteiger partial charge is 0.0542 e. The van der Waals surface area contributed by atoms with Gasteiger partial charge in [0.05, 0.1) is 5.69 Å². The molecule has 0 aliphatic heterocycles. The van der Waals surface area contributed by atoms with Crippen molar-refractivity contribution < 1.29 is 0 Å². The summed E-state index contributed by atoms with van der Waals surface area (Å²) in [6, 6.07) is 10.1. The Morgan fingerprint density at radius 3 is 2.75 bits per heavy atom. The van der Waals surface area contributed by atoms with Gasteiger partial charge in [-0.1, -0.05) is 36.8 Å². The Balaban J connectivity index is 3.10.